The van der Waals surface area contributed by atoms with Gasteiger partial charge in [-0.15, -0.1) is 0 Å². The lowest BCUT2D eigenvalue weighted by molar-refractivity contribution is -0.0710. The van der Waals surface area contributed by atoms with E-state index in [0.717, 1.165) is 6.42 Å². The molecule has 0 saturated heterocycles. The molecule has 0 aromatic rings. The molecule has 0 amide bonds. The molecule has 0 radical (unpaired) electrons. The van der Waals surface area contributed by atoms with Crippen LogP contribution >= 0.6 is 0 Å². The molecule has 0 aliphatic heterocycles. The van der Waals surface area contributed by atoms with Gasteiger partial charge in [-0.3, -0.25) is 0 Å². The highest BCUT2D eigenvalue weighted by molar-refractivity contribution is 4.75. The third-order valence-electron chi connectivity index (χ3n) is 2.46. The molecular weight excluding hydrogens is 184 g/mol. The largest absolute Gasteiger partial charge is 0.394 e. The van der Waals surface area contributed by atoms with E-state index in [0.29, 0.717) is 6.42 Å². The van der Waals surface area contributed by atoms with Crippen molar-refractivity contribution in [2.24, 2.45) is 5.92 Å². The minimum absolute atomic E-state index is 0.0588. The zero-order chi connectivity index (χ0) is 11.0. The number of rotatable bonds is 8. The molecule has 86 valence electrons. The predicted molar refractivity (Wildman–Crippen MR) is 54.0 cm³/mol. The van der Waals surface area contributed by atoms with Crippen molar-refractivity contribution in [3.05, 3.63) is 0 Å². The molecule has 0 heterocycles. The highest BCUT2D eigenvalue weighted by Gasteiger charge is 2.25. The second-order valence-corrected chi connectivity index (χ2v) is 3.36. The molecule has 0 bridgehead atoms. The van der Waals surface area contributed by atoms with Crippen molar-refractivity contribution >= 4 is 0 Å². The maximum absolute atomic E-state index is 9.66. The predicted octanol–water partition coefficient (Wildman–Crippen LogP) is 0.153. The van der Waals surface area contributed by atoms with Gasteiger partial charge in [-0.2, -0.15) is 0 Å². The van der Waals surface area contributed by atoms with Gasteiger partial charge in [0.2, 0.25) is 0 Å². The topological polar surface area (TPSA) is 69.9 Å². The van der Waals surface area contributed by atoms with Crippen molar-refractivity contribution in [2.75, 3.05) is 19.8 Å². The first-order valence-electron chi connectivity index (χ1n) is 5.22. The van der Waals surface area contributed by atoms with Crippen molar-refractivity contribution in [3.63, 3.8) is 0 Å². The Hall–Kier alpha value is -0.160. The maximum Gasteiger partial charge on any atom is 0.0859 e. The zero-order valence-electron chi connectivity index (χ0n) is 9.02. The summed E-state index contributed by atoms with van der Waals surface area (Å²) in [5, 5.41) is 27.3. The quantitative estimate of drug-likeness (QED) is 0.529. The van der Waals surface area contributed by atoms with Crippen molar-refractivity contribution < 1.29 is 20.1 Å². The molecule has 0 aromatic heterocycles. The van der Waals surface area contributed by atoms with Crippen LogP contribution < -0.4 is 0 Å². The summed E-state index contributed by atoms with van der Waals surface area (Å²) >= 11 is 0. The van der Waals surface area contributed by atoms with E-state index in [-0.39, 0.29) is 31.8 Å². The number of hydrogen-bond acceptors (Lipinski definition) is 4. The molecule has 0 aliphatic rings. The Morgan fingerprint density at radius 1 is 1.14 bits per heavy atom. The fourth-order valence-corrected chi connectivity index (χ4v) is 1.60. The molecule has 0 aliphatic carbocycles. The standard InChI is InChI=1S/C10H22O4/c1-3-8(9(13)4-2)10(7-12)14-6-5-11/h8-13H,3-7H2,1-2H3/t8-,9-,10?/m0/s1. The number of hydrogen-bond donors (Lipinski definition) is 3. The van der Waals surface area contributed by atoms with Crippen molar-refractivity contribution in [3.8, 4) is 0 Å². The van der Waals surface area contributed by atoms with Gasteiger partial charge < -0.3 is 20.1 Å². The van der Waals surface area contributed by atoms with Crippen LogP contribution in [-0.4, -0.2) is 47.3 Å². The second-order valence-electron chi connectivity index (χ2n) is 3.36. The molecule has 3 atom stereocenters. The molecule has 4 heteroatoms. The minimum atomic E-state index is -0.448. The van der Waals surface area contributed by atoms with Gasteiger partial charge in [0.25, 0.3) is 0 Å². The normalized spacial score (nSPS) is 17.8. The van der Waals surface area contributed by atoms with Gasteiger partial charge in [0.15, 0.2) is 0 Å². The summed E-state index contributed by atoms with van der Waals surface area (Å²) in [5.41, 5.74) is 0. The molecule has 0 saturated carbocycles. The molecular formula is C10H22O4. The SMILES string of the molecule is CC[C@H](C(CO)OCCO)[C@@H](O)CC. The van der Waals surface area contributed by atoms with Crippen LogP contribution in [0, 0.1) is 5.92 Å². The van der Waals surface area contributed by atoms with Crippen LogP contribution in [0.4, 0.5) is 0 Å². The minimum Gasteiger partial charge on any atom is -0.394 e. The Morgan fingerprint density at radius 2 is 1.79 bits per heavy atom. The van der Waals surface area contributed by atoms with Gasteiger partial charge in [0.05, 0.1) is 32.0 Å². The number of aliphatic hydroxyl groups is 3. The summed E-state index contributed by atoms with van der Waals surface area (Å²) in [6.07, 6.45) is 0.585. The van der Waals surface area contributed by atoms with Crippen LogP contribution in [0.1, 0.15) is 26.7 Å². The highest BCUT2D eigenvalue weighted by atomic mass is 16.5. The van der Waals surface area contributed by atoms with Gasteiger partial charge in [0.1, 0.15) is 0 Å². The summed E-state index contributed by atoms with van der Waals surface area (Å²) in [5.74, 6) is -0.0588. The van der Waals surface area contributed by atoms with E-state index >= 15 is 0 Å². The van der Waals surface area contributed by atoms with E-state index in [2.05, 4.69) is 0 Å². The second kappa shape index (κ2) is 8.17. The van der Waals surface area contributed by atoms with Gasteiger partial charge in [0, 0.05) is 5.92 Å². The third kappa shape index (κ3) is 4.37. The van der Waals surface area contributed by atoms with Crippen molar-refractivity contribution in [1.82, 2.24) is 0 Å². The lowest BCUT2D eigenvalue weighted by Crippen LogP contribution is -2.36. The van der Waals surface area contributed by atoms with Crippen LogP contribution in [0.15, 0.2) is 0 Å². The van der Waals surface area contributed by atoms with Gasteiger partial charge in [-0.25, -0.2) is 0 Å². The van der Waals surface area contributed by atoms with Gasteiger partial charge in [-0.05, 0) is 12.8 Å². The average Bonchev–Trinajstić information content (AvgIpc) is 2.23. The summed E-state index contributed by atoms with van der Waals surface area (Å²) < 4.78 is 5.26. The van der Waals surface area contributed by atoms with Crippen molar-refractivity contribution in [1.29, 1.82) is 0 Å². The average molecular weight is 206 g/mol. The monoisotopic (exact) mass is 206 g/mol. The first-order valence-corrected chi connectivity index (χ1v) is 5.22. The third-order valence-corrected chi connectivity index (χ3v) is 2.46. The maximum atomic E-state index is 9.66. The fraction of sp³-hybridized carbons (Fsp3) is 1.00. The van der Waals surface area contributed by atoms with Crippen molar-refractivity contribution in [2.45, 2.75) is 38.9 Å². The van der Waals surface area contributed by atoms with Crippen LogP contribution in [0.25, 0.3) is 0 Å². The van der Waals surface area contributed by atoms with Crippen LogP contribution in [0.2, 0.25) is 0 Å². The van der Waals surface area contributed by atoms with Crippen LogP contribution in [0.3, 0.4) is 0 Å². The summed E-state index contributed by atoms with van der Waals surface area (Å²) in [6.45, 7) is 3.88. The van der Waals surface area contributed by atoms with E-state index in [1.54, 1.807) is 0 Å². The Morgan fingerprint density at radius 3 is 2.14 bits per heavy atom. The zero-order valence-corrected chi connectivity index (χ0v) is 9.02. The molecule has 0 aromatic carbocycles. The van der Waals surface area contributed by atoms with Crippen LogP contribution in [0.5, 0.6) is 0 Å². The molecule has 0 fully saturated rings. The molecule has 0 spiro atoms. The van der Waals surface area contributed by atoms with E-state index in [4.69, 9.17) is 14.9 Å². The number of aliphatic hydroxyl groups excluding tert-OH is 3. The summed E-state index contributed by atoms with van der Waals surface area (Å²) in [4.78, 5) is 0. The van der Waals surface area contributed by atoms with E-state index in [1.165, 1.54) is 0 Å². The Labute approximate surface area is 85.5 Å². The molecule has 0 rings (SSSR count). The van der Waals surface area contributed by atoms with E-state index in [9.17, 15) is 5.11 Å². The van der Waals surface area contributed by atoms with E-state index < -0.39 is 6.10 Å². The summed E-state index contributed by atoms with van der Waals surface area (Å²) in [7, 11) is 0. The number of ether oxygens (including phenoxy) is 1. The Kier molecular flexibility index (Phi) is 8.08. The van der Waals surface area contributed by atoms with Crippen LogP contribution in [-0.2, 0) is 4.74 Å². The van der Waals surface area contributed by atoms with Gasteiger partial charge in [-0.1, -0.05) is 13.8 Å². The lowest BCUT2D eigenvalue weighted by atomic mass is 9.92. The Balaban J connectivity index is 4.13. The fourth-order valence-electron chi connectivity index (χ4n) is 1.60. The Bertz CT molecular complexity index is 129. The first-order chi connectivity index (χ1) is 6.71. The molecule has 14 heavy (non-hydrogen) atoms. The smallest absolute Gasteiger partial charge is 0.0859 e. The molecule has 1 unspecified atom stereocenters. The lowest BCUT2D eigenvalue weighted by Gasteiger charge is -2.28. The first kappa shape index (κ1) is 13.8. The molecule has 4 nitrogen and oxygen atoms in total. The summed E-state index contributed by atoms with van der Waals surface area (Å²) in [6, 6.07) is 0. The van der Waals surface area contributed by atoms with Gasteiger partial charge >= 0.3 is 0 Å². The molecule has 3 N–H and O–H groups in total. The highest BCUT2D eigenvalue weighted by Crippen LogP contribution is 2.18. The van der Waals surface area contributed by atoms with E-state index in [1.807, 2.05) is 13.8 Å².